The van der Waals surface area contributed by atoms with Gasteiger partial charge in [-0.1, -0.05) is 36.4 Å². The number of hydrogen-bond acceptors (Lipinski definition) is 4. The zero-order chi connectivity index (χ0) is 21.3. The number of para-hydroxylation sites is 2. The number of aryl methyl sites for hydroxylation is 2. The predicted octanol–water partition coefficient (Wildman–Crippen LogP) is 4.34. The van der Waals surface area contributed by atoms with E-state index in [1.54, 1.807) is 24.3 Å². The van der Waals surface area contributed by atoms with E-state index in [9.17, 15) is 9.59 Å². The summed E-state index contributed by atoms with van der Waals surface area (Å²) in [6.45, 7) is 3.55. The van der Waals surface area contributed by atoms with E-state index in [0.717, 1.165) is 11.1 Å². The first kappa shape index (κ1) is 20.9. The van der Waals surface area contributed by atoms with Gasteiger partial charge in [-0.15, -0.1) is 0 Å². The SMILES string of the molecule is Cc1cccc(NC(=O)COc2ccccc2OCC(=O)Nc2cccc(C)c2)c1. The lowest BCUT2D eigenvalue weighted by Crippen LogP contribution is -2.22. The lowest BCUT2D eigenvalue weighted by molar-refractivity contribution is -0.119. The third-order valence-corrected chi connectivity index (χ3v) is 4.17. The molecule has 0 radical (unpaired) electrons. The molecule has 0 bridgehead atoms. The molecule has 3 aromatic rings. The summed E-state index contributed by atoms with van der Waals surface area (Å²) < 4.78 is 11.2. The first-order valence-electron chi connectivity index (χ1n) is 9.57. The van der Waals surface area contributed by atoms with Crippen LogP contribution in [0.4, 0.5) is 11.4 Å². The standard InChI is InChI=1S/C24H24N2O4/c1-17-7-5-9-19(13-17)25-23(27)15-29-21-11-3-4-12-22(21)30-16-24(28)26-20-10-6-8-18(2)14-20/h3-14H,15-16H2,1-2H3,(H,25,27)(H,26,28). The molecule has 3 aromatic carbocycles. The van der Waals surface area contributed by atoms with Gasteiger partial charge in [-0.3, -0.25) is 9.59 Å². The van der Waals surface area contributed by atoms with Gasteiger partial charge >= 0.3 is 0 Å². The fraction of sp³-hybridized carbons (Fsp3) is 0.167. The Morgan fingerprint density at radius 1 is 0.667 bits per heavy atom. The summed E-state index contributed by atoms with van der Waals surface area (Å²) in [5, 5.41) is 5.57. The van der Waals surface area contributed by atoms with E-state index in [0.29, 0.717) is 22.9 Å². The highest BCUT2D eigenvalue weighted by Gasteiger charge is 2.10. The molecule has 0 fully saturated rings. The van der Waals surface area contributed by atoms with E-state index >= 15 is 0 Å². The van der Waals surface area contributed by atoms with Crippen LogP contribution in [0.15, 0.2) is 72.8 Å². The van der Waals surface area contributed by atoms with Gasteiger partial charge in [0.25, 0.3) is 11.8 Å². The summed E-state index contributed by atoms with van der Waals surface area (Å²) in [5.41, 5.74) is 3.52. The molecule has 6 nitrogen and oxygen atoms in total. The van der Waals surface area contributed by atoms with E-state index in [2.05, 4.69) is 10.6 Å². The second-order valence-corrected chi connectivity index (χ2v) is 6.86. The molecule has 6 heteroatoms. The fourth-order valence-electron chi connectivity index (χ4n) is 2.82. The number of rotatable bonds is 8. The number of ether oxygens (including phenoxy) is 2. The van der Waals surface area contributed by atoms with Gasteiger partial charge in [-0.25, -0.2) is 0 Å². The number of hydrogen-bond donors (Lipinski definition) is 2. The van der Waals surface area contributed by atoms with Crippen LogP contribution < -0.4 is 20.1 Å². The largest absolute Gasteiger partial charge is 0.480 e. The highest BCUT2D eigenvalue weighted by Crippen LogP contribution is 2.26. The third kappa shape index (κ3) is 6.38. The maximum atomic E-state index is 12.2. The summed E-state index contributed by atoms with van der Waals surface area (Å²) in [5.74, 6) is 0.209. The first-order valence-corrected chi connectivity index (χ1v) is 9.57. The van der Waals surface area contributed by atoms with Crippen molar-refractivity contribution >= 4 is 23.2 Å². The lowest BCUT2D eigenvalue weighted by atomic mass is 10.2. The molecule has 0 saturated carbocycles. The summed E-state index contributed by atoms with van der Waals surface area (Å²) in [4.78, 5) is 24.3. The van der Waals surface area contributed by atoms with E-state index in [-0.39, 0.29) is 25.0 Å². The van der Waals surface area contributed by atoms with Crippen LogP contribution in [0.2, 0.25) is 0 Å². The number of amides is 2. The fourth-order valence-corrected chi connectivity index (χ4v) is 2.82. The van der Waals surface area contributed by atoms with Gasteiger partial charge in [0.1, 0.15) is 0 Å². The van der Waals surface area contributed by atoms with Gasteiger partial charge in [-0.05, 0) is 61.4 Å². The van der Waals surface area contributed by atoms with Crippen molar-refractivity contribution in [3.8, 4) is 11.5 Å². The maximum absolute atomic E-state index is 12.2. The average molecular weight is 404 g/mol. The van der Waals surface area contributed by atoms with E-state index < -0.39 is 0 Å². The monoisotopic (exact) mass is 404 g/mol. The minimum absolute atomic E-state index is 0.177. The maximum Gasteiger partial charge on any atom is 0.262 e. The van der Waals surface area contributed by atoms with Crippen LogP contribution in [0.25, 0.3) is 0 Å². The zero-order valence-corrected chi connectivity index (χ0v) is 17.0. The van der Waals surface area contributed by atoms with Crippen LogP contribution in [-0.2, 0) is 9.59 Å². The third-order valence-electron chi connectivity index (χ3n) is 4.17. The van der Waals surface area contributed by atoms with Crippen molar-refractivity contribution in [3.63, 3.8) is 0 Å². The van der Waals surface area contributed by atoms with Gasteiger partial charge in [-0.2, -0.15) is 0 Å². The van der Waals surface area contributed by atoms with E-state index in [4.69, 9.17) is 9.47 Å². The van der Waals surface area contributed by atoms with Crippen molar-refractivity contribution in [3.05, 3.63) is 83.9 Å². The smallest absolute Gasteiger partial charge is 0.262 e. The van der Waals surface area contributed by atoms with E-state index in [1.165, 1.54) is 0 Å². The highest BCUT2D eigenvalue weighted by molar-refractivity contribution is 5.92. The summed E-state index contributed by atoms with van der Waals surface area (Å²) in [6.07, 6.45) is 0. The number of carbonyl (C=O) groups excluding carboxylic acids is 2. The number of carbonyl (C=O) groups is 2. The van der Waals surface area contributed by atoms with Gasteiger partial charge in [0, 0.05) is 11.4 Å². The van der Waals surface area contributed by atoms with Gasteiger partial charge < -0.3 is 20.1 Å². The Balaban J connectivity index is 1.52. The molecule has 0 unspecified atom stereocenters. The van der Waals surface area contributed by atoms with Crippen LogP contribution in [0.1, 0.15) is 11.1 Å². The predicted molar refractivity (Wildman–Crippen MR) is 117 cm³/mol. The van der Waals surface area contributed by atoms with Crippen molar-refractivity contribution in [1.82, 2.24) is 0 Å². The second kappa shape index (κ2) is 10.1. The van der Waals surface area contributed by atoms with Crippen molar-refractivity contribution in [2.45, 2.75) is 13.8 Å². The Labute approximate surface area is 175 Å². The molecule has 2 amide bonds. The van der Waals surface area contributed by atoms with Crippen LogP contribution in [0.3, 0.4) is 0 Å². The molecule has 30 heavy (non-hydrogen) atoms. The molecule has 0 spiro atoms. The van der Waals surface area contributed by atoms with Crippen LogP contribution in [-0.4, -0.2) is 25.0 Å². The van der Waals surface area contributed by atoms with Crippen molar-refractivity contribution in [2.24, 2.45) is 0 Å². The highest BCUT2D eigenvalue weighted by atomic mass is 16.5. The summed E-state index contributed by atoms with van der Waals surface area (Å²) >= 11 is 0. The zero-order valence-electron chi connectivity index (χ0n) is 17.0. The second-order valence-electron chi connectivity index (χ2n) is 6.86. The molecule has 154 valence electrons. The lowest BCUT2D eigenvalue weighted by Gasteiger charge is -2.13. The molecular weight excluding hydrogens is 380 g/mol. The van der Waals surface area contributed by atoms with Crippen molar-refractivity contribution < 1.29 is 19.1 Å². The van der Waals surface area contributed by atoms with Gasteiger partial charge in [0.05, 0.1) is 0 Å². The average Bonchev–Trinajstić information content (AvgIpc) is 2.71. The molecule has 0 aliphatic carbocycles. The van der Waals surface area contributed by atoms with Crippen LogP contribution in [0.5, 0.6) is 11.5 Å². The van der Waals surface area contributed by atoms with Gasteiger partial charge in [0.2, 0.25) is 0 Å². The minimum atomic E-state index is -0.285. The molecule has 0 atom stereocenters. The number of benzene rings is 3. The normalized spacial score (nSPS) is 10.2. The Morgan fingerprint density at radius 3 is 1.50 bits per heavy atom. The van der Waals surface area contributed by atoms with Crippen LogP contribution >= 0.6 is 0 Å². The molecular formula is C24H24N2O4. The van der Waals surface area contributed by atoms with Crippen molar-refractivity contribution in [1.29, 1.82) is 0 Å². The number of anilines is 2. The molecule has 0 aromatic heterocycles. The minimum Gasteiger partial charge on any atom is -0.480 e. The topological polar surface area (TPSA) is 76.7 Å². The molecule has 0 saturated heterocycles. The molecule has 0 aliphatic rings. The summed E-state index contributed by atoms with van der Waals surface area (Å²) in [7, 11) is 0. The Hall–Kier alpha value is -3.80. The van der Waals surface area contributed by atoms with Crippen LogP contribution in [0, 0.1) is 13.8 Å². The van der Waals surface area contributed by atoms with Crippen molar-refractivity contribution in [2.75, 3.05) is 23.8 Å². The molecule has 2 N–H and O–H groups in total. The molecule has 0 aliphatic heterocycles. The summed E-state index contributed by atoms with van der Waals surface area (Å²) in [6, 6.07) is 22.0. The number of nitrogens with one attached hydrogen (secondary N) is 2. The Kier molecular flexibility index (Phi) is 7.05. The Morgan fingerprint density at radius 2 is 1.10 bits per heavy atom. The Bertz CT molecular complexity index is 950. The quantitative estimate of drug-likeness (QED) is 0.586. The first-order chi connectivity index (χ1) is 14.5. The molecule has 0 heterocycles. The van der Waals surface area contributed by atoms with E-state index in [1.807, 2.05) is 62.4 Å². The van der Waals surface area contributed by atoms with Gasteiger partial charge in [0.15, 0.2) is 24.7 Å². The molecule has 3 rings (SSSR count).